The molecule has 0 aliphatic rings. The molecule has 3 N–H and O–H groups in total. The number of halogens is 1. The molecule has 0 bridgehead atoms. The van der Waals surface area contributed by atoms with Crippen LogP contribution in [0.5, 0.6) is 0 Å². The van der Waals surface area contributed by atoms with Gasteiger partial charge in [-0.05, 0) is 29.8 Å². The van der Waals surface area contributed by atoms with E-state index in [9.17, 15) is 9.59 Å². The van der Waals surface area contributed by atoms with Crippen molar-refractivity contribution in [3.8, 4) is 0 Å². The van der Waals surface area contributed by atoms with Crippen molar-refractivity contribution in [1.29, 1.82) is 0 Å². The Kier molecular flexibility index (Phi) is 6.65. The molecule has 138 valence electrons. The first-order valence-electron chi connectivity index (χ1n) is 8.01. The Morgan fingerprint density at radius 1 is 1.15 bits per heavy atom. The van der Waals surface area contributed by atoms with E-state index in [0.717, 1.165) is 14.6 Å². The first kappa shape index (κ1) is 19.6. The topological polar surface area (TPSA) is 85.1 Å². The van der Waals surface area contributed by atoms with Crippen LogP contribution >= 0.6 is 39.0 Å². The summed E-state index contributed by atoms with van der Waals surface area (Å²) in [6.07, 6.45) is 0.141. The summed E-state index contributed by atoms with van der Waals surface area (Å²) in [5.41, 5.74) is 7.94. The Morgan fingerprint density at radius 2 is 1.89 bits per heavy atom. The van der Waals surface area contributed by atoms with Gasteiger partial charge in [-0.15, -0.1) is 11.3 Å². The molecule has 0 aliphatic heterocycles. The second kappa shape index (κ2) is 9.16. The Morgan fingerprint density at radius 3 is 2.63 bits per heavy atom. The molecule has 2 amide bonds. The number of thiazole rings is 1. The molecule has 0 saturated heterocycles. The van der Waals surface area contributed by atoms with Crippen molar-refractivity contribution in [3.05, 3.63) is 75.2 Å². The third kappa shape index (κ3) is 5.66. The quantitative estimate of drug-likeness (QED) is 0.507. The number of thioether (sulfide) groups is 1. The van der Waals surface area contributed by atoms with Crippen molar-refractivity contribution >= 4 is 56.5 Å². The summed E-state index contributed by atoms with van der Waals surface area (Å²) in [5.74, 6) is 0.00273. The van der Waals surface area contributed by atoms with E-state index >= 15 is 0 Å². The SMILES string of the molecule is NC(=O)c1ccccc1NC(=O)Cc1csc(SCc2ccc(Br)cc2)n1. The standard InChI is InChI=1S/C19H16BrN3O2S2/c20-13-7-5-12(6-8-13)10-26-19-22-14(11-27-19)9-17(24)23-16-4-2-1-3-15(16)18(21)25/h1-8,11H,9-10H2,(H2,21,25)(H,23,24). The highest BCUT2D eigenvalue weighted by atomic mass is 79.9. The van der Waals surface area contributed by atoms with Gasteiger partial charge < -0.3 is 11.1 Å². The van der Waals surface area contributed by atoms with Crippen molar-refractivity contribution in [3.63, 3.8) is 0 Å². The number of anilines is 1. The normalized spacial score (nSPS) is 10.6. The molecule has 0 radical (unpaired) electrons. The van der Waals surface area contributed by atoms with Gasteiger partial charge in [0.05, 0.1) is 23.4 Å². The molecule has 3 aromatic rings. The fourth-order valence-electron chi connectivity index (χ4n) is 2.33. The largest absolute Gasteiger partial charge is 0.366 e. The molecule has 0 atom stereocenters. The average Bonchev–Trinajstić information content (AvgIpc) is 3.08. The number of hydrogen-bond acceptors (Lipinski definition) is 5. The van der Waals surface area contributed by atoms with Crippen LogP contribution in [0, 0.1) is 0 Å². The average molecular weight is 462 g/mol. The van der Waals surface area contributed by atoms with Gasteiger partial charge in [-0.3, -0.25) is 9.59 Å². The summed E-state index contributed by atoms with van der Waals surface area (Å²) in [7, 11) is 0. The van der Waals surface area contributed by atoms with Crippen LogP contribution < -0.4 is 11.1 Å². The van der Waals surface area contributed by atoms with Crippen LogP contribution in [0.1, 0.15) is 21.6 Å². The Balaban J connectivity index is 1.56. The van der Waals surface area contributed by atoms with E-state index in [2.05, 4.69) is 38.4 Å². The molecule has 0 unspecified atom stereocenters. The molecule has 2 aromatic carbocycles. The summed E-state index contributed by atoms with van der Waals surface area (Å²) in [6.45, 7) is 0. The van der Waals surface area contributed by atoms with Gasteiger partial charge in [-0.2, -0.15) is 0 Å². The lowest BCUT2D eigenvalue weighted by Gasteiger charge is -2.07. The molecule has 0 fully saturated rings. The summed E-state index contributed by atoms with van der Waals surface area (Å²) >= 11 is 6.58. The Bertz CT molecular complexity index is 958. The molecule has 8 heteroatoms. The molecule has 3 rings (SSSR count). The van der Waals surface area contributed by atoms with Gasteiger partial charge >= 0.3 is 0 Å². The first-order chi connectivity index (χ1) is 13.0. The van der Waals surface area contributed by atoms with E-state index in [4.69, 9.17) is 5.73 Å². The number of aromatic nitrogens is 1. The molecule has 0 aliphatic carbocycles. The smallest absolute Gasteiger partial charge is 0.250 e. The first-order valence-corrected chi connectivity index (χ1v) is 10.7. The zero-order chi connectivity index (χ0) is 19.2. The van der Waals surface area contributed by atoms with E-state index in [-0.39, 0.29) is 17.9 Å². The third-order valence-electron chi connectivity index (χ3n) is 3.61. The molecule has 1 aromatic heterocycles. The summed E-state index contributed by atoms with van der Waals surface area (Å²) in [5, 5.41) is 4.60. The van der Waals surface area contributed by atoms with Crippen LogP contribution in [0.3, 0.4) is 0 Å². The number of nitrogens with zero attached hydrogens (tertiary/aromatic N) is 1. The highest BCUT2D eigenvalue weighted by Crippen LogP contribution is 2.27. The van der Waals surface area contributed by atoms with Crippen LogP contribution in [0.25, 0.3) is 0 Å². The molecule has 0 saturated carbocycles. The minimum absolute atomic E-state index is 0.141. The van der Waals surface area contributed by atoms with Gasteiger partial charge in [0.25, 0.3) is 5.91 Å². The van der Waals surface area contributed by atoms with Gasteiger partial charge in [0.2, 0.25) is 5.91 Å². The van der Waals surface area contributed by atoms with E-state index < -0.39 is 5.91 Å². The van der Waals surface area contributed by atoms with Crippen LogP contribution in [-0.2, 0) is 17.0 Å². The highest BCUT2D eigenvalue weighted by Gasteiger charge is 2.12. The van der Waals surface area contributed by atoms with Crippen molar-refractivity contribution in [2.24, 2.45) is 5.73 Å². The lowest BCUT2D eigenvalue weighted by atomic mass is 10.1. The van der Waals surface area contributed by atoms with Gasteiger partial charge in [0.1, 0.15) is 4.34 Å². The number of para-hydroxylation sites is 1. The fraction of sp³-hybridized carbons (Fsp3) is 0.105. The summed E-state index contributed by atoms with van der Waals surface area (Å²) in [4.78, 5) is 28.2. The number of primary amides is 1. The van der Waals surface area contributed by atoms with Gasteiger partial charge in [-0.1, -0.05) is 52.0 Å². The lowest BCUT2D eigenvalue weighted by molar-refractivity contribution is -0.115. The van der Waals surface area contributed by atoms with E-state index in [1.165, 1.54) is 16.9 Å². The number of benzene rings is 2. The van der Waals surface area contributed by atoms with Crippen molar-refractivity contribution < 1.29 is 9.59 Å². The Labute approximate surface area is 173 Å². The number of hydrogen-bond donors (Lipinski definition) is 2. The molecular weight excluding hydrogens is 446 g/mol. The minimum atomic E-state index is -0.578. The molecule has 27 heavy (non-hydrogen) atoms. The van der Waals surface area contributed by atoms with Crippen molar-refractivity contribution in [2.75, 3.05) is 5.32 Å². The second-order valence-corrected chi connectivity index (χ2v) is 8.65. The Hall–Kier alpha value is -2.16. The number of carbonyl (C=O) groups excluding carboxylic acids is 2. The summed E-state index contributed by atoms with van der Waals surface area (Å²) in [6, 6.07) is 14.8. The van der Waals surface area contributed by atoms with E-state index in [1.807, 2.05) is 17.5 Å². The molecular formula is C19H16BrN3O2S2. The molecule has 1 heterocycles. The highest BCUT2D eigenvalue weighted by molar-refractivity contribution is 9.10. The zero-order valence-corrected chi connectivity index (χ0v) is 17.4. The van der Waals surface area contributed by atoms with Crippen LogP contribution in [0.4, 0.5) is 5.69 Å². The summed E-state index contributed by atoms with van der Waals surface area (Å²) < 4.78 is 1.97. The maximum atomic E-state index is 12.3. The maximum Gasteiger partial charge on any atom is 0.250 e. The number of rotatable bonds is 7. The number of amides is 2. The molecule has 0 spiro atoms. The zero-order valence-electron chi connectivity index (χ0n) is 14.1. The van der Waals surface area contributed by atoms with Crippen LogP contribution in [0.2, 0.25) is 0 Å². The minimum Gasteiger partial charge on any atom is -0.366 e. The molecule has 5 nitrogen and oxygen atoms in total. The van der Waals surface area contributed by atoms with E-state index in [0.29, 0.717) is 11.4 Å². The van der Waals surface area contributed by atoms with Crippen molar-refractivity contribution in [2.45, 2.75) is 16.5 Å². The lowest BCUT2D eigenvalue weighted by Crippen LogP contribution is -2.19. The van der Waals surface area contributed by atoms with Crippen molar-refractivity contribution in [1.82, 2.24) is 4.98 Å². The van der Waals surface area contributed by atoms with Crippen LogP contribution in [0.15, 0.2) is 62.7 Å². The number of nitrogens with two attached hydrogens (primary N) is 1. The van der Waals surface area contributed by atoms with Gasteiger partial charge in [-0.25, -0.2) is 4.98 Å². The monoisotopic (exact) mass is 461 g/mol. The van der Waals surface area contributed by atoms with Gasteiger partial charge in [0.15, 0.2) is 0 Å². The predicted molar refractivity (Wildman–Crippen MR) is 113 cm³/mol. The van der Waals surface area contributed by atoms with Gasteiger partial charge in [0, 0.05) is 15.6 Å². The fourth-order valence-corrected chi connectivity index (χ4v) is 4.39. The number of nitrogens with one attached hydrogen (secondary N) is 1. The second-order valence-electron chi connectivity index (χ2n) is 5.65. The predicted octanol–water partition coefficient (Wildman–Crippen LogP) is 4.48. The number of carbonyl (C=O) groups is 2. The third-order valence-corrected chi connectivity index (χ3v) is 6.28. The van der Waals surface area contributed by atoms with Crippen LogP contribution in [-0.4, -0.2) is 16.8 Å². The van der Waals surface area contributed by atoms with E-state index in [1.54, 1.807) is 36.0 Å². The maximum absolute atomic E-state index is 12.3.